The van der Waals surface area contributed by atoms with Crippen molar-refractivity contribution in [3.05, 3.63) is 58.7 Å². The van der Waals surface area contributed by atoms with E-state index in [0.717, 1.165) is 32.7 Å². The average Bonchev–Trinajstić information content (AvgIpc) is 2.90. The molecule has 0 fully saturated rings. The summed E-state index contributed by atoms with van der Waals surface area (Å²) in [6.45, 7) is 1.96. The first-order valence-corrected chi connectivity index (χ1v) is 7.48. The summed E-state index contributed by atoms with van der Waals surface area (Å²) in [5, 5.41) is 3.10. The topological polar surface area (TPSA) is 38.1 Å². The second-order valence-corrected chi connectivity index (χ2v) is 5.68. The molecule has 1 heterocycles. The van der Waals surface area contributed by atoms with Crippen LogP contribution in [0.15, 0.2) is 57.4 Å². The third kappa shape index (κ3) is 2.85. The monoisotopic (exact) mass is 342 g/mol. The second kappa shape index (κ2) is 5.74. The summed E-state index contributed by atoms with van der Waals surface area (Å²) in [5.74, 6) is 1.46. The van der Waals surface area contributed by atoms with Gasteiger partial charge in [-0.1, -0.05) is 28.1 Å². The summed E-state index contributed by atoms with van der Waals surface area (Å²) in [6.07, 6.45) is 0. The Morgan fingerprint density at radius 2 is 1.57 bits per heavy atom. The van der Waals surface area contributed by atoms with Gasteiger partial charge < -0.3 is 9.73 Å². The van der Waals surface area contributed by atoms with Crippen LogP contribution in [0.25, 0.3) is 22.8 Å². The minimum absolute atomic E-state index is 0.646. The first-order valence-electron chi connectivity index (χ1n) is 6.69. The van der Waals surface area contributed by atoms with E-state index >= 15 is 0 Å². The molecular weight excluding hydrogens is 328 g/mol. The molecule has 1 aromatic heterocycles. The van der Waals surface area contributed by atoms with E-state index in [1.54, 1.807) is 0 Å². The van der Waals surface area contributed by atoms with Crippen LogP contribution < -0.4 is 5.32 Å². The van der Waals surface area contributed by atoms with Gasteiger partial charge in [-0.25, -0.2) is 4.98 Å². The zero-order valence-electron chi connectivity index (χ0n) is 11.9. The van der Waals surface area contributed by atoms with Crippen LogP contribution in [-0.4, -0.2) is 12.0 Å². The zero-order valence-corrected chi connectivity index (χ0v) is 13.4. The Hall–Kier alpha value is -2.07. The van der Waals surface area contributed by atoms with Gasteiger partial charge in [-0.2, -0.15) is 0 Å². The van der Waals surface area contributed by atoms with Gasteiger partial charge in [0.1, 0.15) is 0 Å². The molecule has 0 saturated heterocycles. The summed E-state index contributed by atoms with van der Waals surface area (Å²) in [4.78, 5) is 4.54. The van der Waals surface area contributed by atoms with E-state index < -0.39 is 0 Å². The summed E-state index contributed by atoms with van der Waals surface area (Å²) < 4.78 is 7.00. The molecule has 0 spiro atoms. The number of anilines is 1. The van der Waals surface area contributed by atoms with Gasteiger partial charge in [0.25, 0.3) is 0 Å². The molecule has 0 unspecified atom stereocenters. The van der Waals surface area contributed by atoms with E-state index in [4.69, 9.17) is 4.42 Å². The Balaban J connectivity index is 1.98. The number of hydrogen-bond acceptors (Lipinski definition) is 3. The maximum Gasteiger partial charge on any atom is 0.226 e. The van der Waals surface area contributed by atoms with Crippen molar-refractivity contribution in [2.75, 3.05) is 12.4 Å². The van der Waals surface area contributed by atoms with Crippen LogP contribution in [0.5, 0.6) is 0 Å². The molecule has 21 heavy (non-hydrogen) atoms. The average molecular weight is 343 g/mol. The van der Waals surface area contributed by atoms with E-state index in [9.17, 15) is 0 Å². The van der Waals surface area contributed by atoms with Crippen LogP contribution >= 0.6 is 15.9 Å². The fourth-order valence-electron chi connectivity index (χ4n) is 2.17. The van der Waals surface area contributed by atoms with Gasteiger partial charge in [0.15, 0.2) is 5.76 Å². The van der Waals surface area contributed by atoms with Gasteiger partial charge in [-0.15, -0.1) is 0 Å². The molecule has 0 saturated carbocycles. The summed E-state index contributed by atoms with van der Waals surface area (Å²) in [6, 6.07) is 16.1. The third-order valence-electron chi connectivity index (χ3n) is 3.32. The number of aryl methyl sites for hydroxylation is 1. The van der Waals surface area contributed by atoms with E-state index in [2.05, 4.69) is 26.2 Å². The van der Waals surface area contributed by atoms with Gasteiger partial charge in [-0.3, -0.25) is 0 Å². The van der Waals surface area contributed by atoms with Crippen LogP contribution in [0.1, 0.15) is 5.69 Å². The predicted molar refractivity (Wildman–Crippen MR) is 89.4 cm³/mol. The van der Waals surface area contributed by atoms with Crippen molar-refractivity contribution in [1.82, 2.24) is 4.98 Å². The van der Waals surface area contributed by atoms with Crippen molar-refractivity contribution < 1.29 is 4.42 Å². The quantitative estimate of drug-likeness (QED) is 0.717. The molecule has 106 valence electrons. The molecule has 0 radical (unpaired) electrons. The normalized spacial score (nSPS) is 10.6. The van der Waals surface area contributed by atoms with Crippen molar-refractivity contribution in [1.29, 1.82) is 0 Å². The Labute approximate surface area is 132 Å². The molecule has 0 aliphatic heterocycles. The number of nitrogens with one attached hydrogen (secondary N) is 1. The minimum atomic E-state index is 0.646. The first kappa shape index (κ1) is 13.9. The highest BCUT2D eigenvalue weighted by Gasteiger charge is 2.13. The summed E-state index contributed by atoms with van der Waals surface area (Å²) in [7, 11) is 1.90. The largest absolute Gasteiger partial charge is 0.436 e. The van der Waals surface area contributed by atoms with Gasteiger partial charge in [0.2, 0.25) is 5.89 Å². The van der Waals surface area contributed by atoms with Crippen molar-refractivity contribution >= 4 is 21.6 Å². The standard InChI is InChI=1S/C17H15BrN2O/c1-11-16(12-3-7-14(18)8-4-12)21-17(20-11)13-5-9-15(19-2)10-6-13/h3-10,19H,1-2H3. The highest BCUT2D eigenvalue weighted by atomic mass is 79.9. The van der Waals surface area contributed by atoms with Gasteiger partial charge >= 0.3 is 0 Å². The van der Waals surface area contributed by atoms with Crippen LogP contribution in [0.4, 0.5) is 5.69 Å². The van der Waals surface area contributed by atoms with Crippen molar-refractivity contribution in [2.24, 2.45) is 0 Å². The molecule has 1 N–H and O–H groups in total. The highest BCUT2D eigenvalue weighted by molar-refractivity contribution is 9.10. The maximum atomic E-state index is 5.95. The number of aromatic nitrogens is 1. The van der Waals surface area contributed by atoms with Crippen LogP contribution in [0, 0.1) is 6.92 Å². The van der Waals surface area contributed by atoms with E-state index in [1.807, 2.05) is 62.5 Å². The van der Waals surface area contributed by atoms with Crippen LogP contribution in [0.2, 0.25) is 0 Å². The van der Waals surface area contributed by atoms with Crippen molar-refractivity contribution in [3.8, 4) is 22.8 Å². The molecule has 0 aliphatic rings. The molecular formula is C17H15BrN2O. The molecule has 0 amide bonds. The lowest BCUT2D eigenvalue weighted by Crippen LogP contribution is -1.86. The van der Waals surface area contributed by atoms with Crippen LogP contribution in [0.3, 0.4) is 0 Å². The number of halogens is 1. The Kier molecular flexibility index (Phi) is 3.80. The van der Waals surface area contributed by atoms with Gasteiger partial charge in [0, 0.05) is 28.3 Å². The van der Waals surface area contributed by atoms with Crippen molar-refractivity contribution in [3.63, 3.8) is 0 Å². The Morgan fingerprint density at radius 1 is 0.952 bits per heavy atom. The van der Waals surface area contributed by atoms with E-state index in [1.165, 1.54) is 0 Å². The number of nitrogens with zero attached hydrogens (tertiary/aromatic N) is 1. The minimum Gasteiger partial charge on any atom is -0.436 e. The smallest absolute Gasteiger partial charge is 0.226 e. The maximum absolute atomic E-state index is 5.95. The zero-order chi connectivity index (χ0) is 14.8. The first-order chi connectivity index (χ1) is 10.2. The Morgan fingerprint density at radius 3 is 2.19 bits per heavy atom. The highest BCUT2D eigenvalue weighted by Crippen LogP contribution is 2.30. The fraction of sp³-hybridized carbons (Fsp3) is 0.118. The molecule has 3 nitrogen and oxygen atoms in total. The van der Waals surface area contributed by atoms with Gasteiger partial charge in [0.05, 0.1) is 5.69 Å². The lowest BCUT2D eigenvalue weighted by molar-refractivity contribution is 0.588. The molecule has 3 rings (SSSR count). The fourth-order valence-corrected chi connectivity index (χ4v) is 2.43. The number of rotatable bonds is 3. The summed E-state index contributed by atoms with van der Waals surface area (Å²) in [5.41, 5.74) is 3.96. The third-order valence-corrected chi connectivity index (χ3v) is 3.85. The number of oxazole rings is 1. The van der Waals surface area contributed by atoms with Crippen LogP contribution in [-0.2, 0) is 0 Å². The van der Waals surface area contributed by atoms with E-state index in [0.29, 0.717) is 5.89 Å². The lowest BCUT2D eigenvalue weighted by Gasteiger charge is -2.00. The molecule has 3 aromatic rings. The summed E-state index contributed by atoms with van der Waals surface area (Å²) >= 11 is 3.44. The van der Waals surface area contributed by atoms with Crippen molar-refractivity contribution in [2.45, 2.75) is 6.92 Å². The molecule has 0 atom stereocenters. The lowest BCUT2D eigenvalue weighted by atomic mass is 10.1. The second-order valence-electron chi connectivity index (χ2n) is 4.77. The Bertz CT molecular complexity index is 745. The van der Waals surface area contributed by atoms with Gasteiger partial charge in [-0.05, 0) is 43.3 Å². The number of hydrogen-bond donors (Lipinski definition) is 1. The SMILES string of the molecule is CNc1ccc(-c2nc(C)c(-c3ccc(Br)cc3)o2)cc1. The van der Waals surface area contributed by atoms with E-state index in [-0.39, 0.29) is 0 Å². The molecule has 0 aliphatic carbocycles. The molecule has 2 aromatic carbocycles. The molecule has 4 heteroatoms. The molecule has 0 bridgehead atoms. The predicted octanol–water partition coefficient (Wildman–Crippen LogP) is 5.12. The number of benzene rings is 2.